The molecule has 0 amide bonds. The van der Waals surface area contributed by atoms with Crippen LogP contribution in [0.4, 0.5) is 52.7 Å². The van der Waals surface area contributed by atoms with E-state index in [1.807, 2.05) is 0 Å². The first-order valence-electron chi connectivity index (χ1n) is 16.0. The third-order valence-corrected chi connectivity index (χ3v) is 8.84. The van der Waals surface area contributed by atoms with Gasteiger partial charge in [0.25, 0.3) is 0 Å². The van der Waals surface area contributed by atoms with Crippen LogP contribution in [0, 0.1) is 0 Å². The summed E-state index contributed by atoms with van der Waals surface area (Å²) in [5, 5.41) is 15.8. The van der Waals surface area contributed by atoms with Crippen LogP contribution in [0.15, 0.2) is 97.1 Å². The normalized spacial score (nSPS) is 13.2. The van der Waals surface area contributed by atoms with E-state index < -0.39 is 69.4 Å². The van der Waals surface area contributed by atoms with Crippen LogP contribution in [0.25, 0.3) is 54.9 Å². The highest BCUT2D eigenvalue weighted by molar-refractivity contribution is 6.12. The molecule has 0 aliphatic carbocycles. The summed E-state index contributed by atoms with van der Waals surface area (Å²) < 4.78 is 168. The van der Waals surface area contributed by atoms with Gasteiger partial charge in [-0.15, -0.1) is 0 Å². The Hall–Kier alpha value is -5.24. The van der Waals surface area contributed by atoms with Crippen molar-refractivity contribution in [2.24, 2.45) is 0 Å². The molecule has 0 radical (unpaired) electrons. The van der Waals surface area contributed by atoms with Crippen molar-refractivity contribution in [3.8, 4) is 39.1 Å². The fourth-order valence-electron chi connectivity index (χ4n) is 6.58. The first kappa shape index (κ1) is 38.5. The molecular formula is C40H27F12NO. The summed E-state index contributed by atoms with van der Waals surface area (Å²) >= 11 is 0. The fourth-order valence-corrected chi connectivity index (χ4v) is 6.58. The summed E-state index contributed by atoms with van der Waals surface area (Å²) in [6, 6.07) is 16.7. The van der Waals surface area contributed by atoms with Gasteiger partial charge >= 0.3 is 24.7 Å². The Morgan fingerprint density at radius 3 is 1.20 bits per heavy atom. The molecule has 0 atom stereocenters. The molecule has 0 saturated carbocycles. The summed E-state index contributed by atoms with van der Waals surface area (Å²) in [6.07, 6.45) is -20.9. The molecule has 0 spiro atoms. The minimum atomic E-state index is -5.23. The molecule has 0 aromatic heterocycles. The van der Waals surface area contributed by atoms with E-state index in [0.29, 0.717) is 29.7 Å². The van der Waals surface area contributed by atoms with Crippen molar-refractivity contribution < 1.29 is 62.3 Å². The maximum atomic E-state index is 14.8. The van der Waals surface area contributed by atoms with Crippen molar-refractivity contribution >= 4 is 21.5 Å². The quantitative estimate of drug-likeness (QED) is 0.127. The molecule has 14 heteroatoms. The van der Waals surface area contributed by atoms with E-state index in [-0.39, 0.29) is 61.6 Å². The summed E-state index contributed by atoms with van der Waals surface area (Å²) in [5.41, 5.74) is -8.34. The average Bonchev–Trinajstić information content (AvgIpc) is 3.05. The van der Waals surface area contributed by atoms with Gasteiger partial charge in [-0.1, -0.05) is 54.3 Å². The van der Waals surface area contributed by atoms with E-state index in [1.54, 1.807) is 39.3 Å². The Bertz CT molecular complexity index is 2350. The number of rotatable bonds is 5. The van der Waals surface area contributed by atoms with Gasteiger partial charge in [0.05, 0.1) is 43.4 Å². The first-order valence-corrected chi connectivity index (χ1v) is 16.0. The molecule has 6 aromatic rings. The van der Waals surface area contributed by atoms with E-state index in [0.717, 1.165) is 6.07 Å². The number of fused-ring (bicyclic) bond motifs is 2. The predicted molar refractivity (Wildman–Crippen MR) is 179 cm³/mol. The summed E-state index contributed by atoms with van der Waals surface area (Å²) in [4.78, 5) is 0. The van der Waals surface area contributed by atoms with Crippen molar-refractivity contribution in [2.75, 3.05) is 21.1 Å². The maximum absolute atomic E-state index is 14.8. The van der Waals surface area contributed by atoms with Gasteiger partial charge in [0.15, 0.2) is 0 Å². The smallest absolute Gasteiger partial charge is 0.416 e. The largest absolute Gasteiger partial charge is 0.872 e. The molecule has 0 unspecified atom stereocenters. The highest BCUT2D eigenvalue weighted by Gasteiger charge is 2.39. The summed E-state index contributed by atoms with van der Waals surface area (Å²) in [7, 11) is 5.05. The van der Waals surface area contributed by atoms with Crippen molar-refractivity contribution in [2.45, 2.75) is 31.2 Å². The number of hydrogen-bond donors (Lipinski definition) is 0. The number of nitrogens with zero attached hydrogens (tertiary/aromatic N) is 1. The molecule has 0 fully saturated rings. The van der Waals surface area contributed by atoms with Crippen molar-refractivity contribution in [3.63, 3.8) is 0 Å². The van der Waals surface area contributed by atoms with Gasteiger partial charge in [0, 0.05) is 5.56 Å². The van der Waals surface area contributed by atoms with Crippen LogP contribution < -0.4 is 5.11 Å². The zero-order chi connectivity index (χ0) is 39.8. The molecule has 6 aromatic carbocycles. The topological polar surface area (TPSA) is 23.1 Å². The fraction of sp³-hybridized carbons (Fsp3) is 0.200. The minimum absolute atomic E-state index is 0.0120. The Morgan fingerprint density at radius 2 is 0.815 bits per heavy atom. The van der Waals surface area contributed by atoms with Crippen LogP contribution >= 0.6 is 0 Å². The molecule has 0 N–H and O–H groups in total. The van der Waals surface area contributed by atoms with Crippen LogP contribution in [-0.2, 0) is 31.2 Å². The van der Waals surface area contributed by atoms with E-state index in [9.17, 15) is 57.8 Å². The molecule has 0 aliphatic heterocycles. The standard InChI is InChI=1S/C40H27F12NO/c1-53(2,3)20-33-31(23-12-25(37(41,42)43)18-26(13-23)38(44,45)46)16-21-8-4-6-10-29(21)34(33)35-30-11-7-5-9-22(30)17-32(36(35)54)24-14-27(39(47,48)49)19-28(15-24)40(50,51)52/h4-19H,20H2,1-3H3. The number of hydrogen-bond acceptors (Lipinski definition) is 1. The molecule has 0 heterocycles. The highest BCUT2D eigenvalue weighted by Crippen LogP contribution is 2.50. The van der Waals surface area contributed by atoms with Crippen molar-refractivity contribution in [3.05, 3.63) is 125 Å². The third-order valence-electron chi connectivity index (χ3n) is 8.84. The lowest BCUT2D eigenvalue weighted by atomic mass is 9.82. The second kappa shape index (κ2) is 13.0. The summed E-state index contributed by atoms with van der Waals surface area (Å²) in [5.74, 6) is -1.01. The van der Waals surface area contributed by atoms with E-state index >= 15 is 0 Å². The number of alkyl halides is 12. The molecule has 6 rings (SSSR count). The lowest BCUT2D eigenvalue weighted by molar-refractivity contribution is -0.883. The van der Waals surface area contributed by atoms with Crippen LogP contribution in [0.5, 0.6) is 5.75 Å². The second-order valence-electron chi connectivity index (χ2n) is 13.9. The zero-order valence-electron chi connectivity index (χ0n) is 28.3. The predicted octanol–water partition coefficient (Wildman–Crippen LogP) is 12.3. The highest BCUT2D eigenvalue weighted by atomic mass is 19.4. The van der Waals surface area contributed by atoms with Crippen LogP contribution in [0.2, 0.25) is 0 Å². The van der Waals surface area contributed by atoms with Crippen LogP contribution in [0.1, 0.15) is 27.8 Å². The van der Waals surface area contributed by atoms with Gasteiger partial charge in [0.1, 0.15) is 6.54 Å². The van der Waals surface area contributed by atoms with Gasteiger partial charge in [-0.05, 0) is 103 Å². The summed E-state index contributed by atoms with van der Waals surface area (Å²) in [6.45, 7) is -0.104. The average molecular weight is 766 g/mol. The van der Waals surface area contributed by atoms with Gasteiger partial charge < -0.3 is 9.59 Å². The van der Waals surface area contributed by atoms with E-state index in [1.165, 1.54) is 36.4 Å². The molecule has 0 saturated heterocycles. The number of benzene rings is 6. The number of halogens is 12. The van der Waals surface area contributed by atoms with Gasteiger partial charge in [-0.3, -0.25) is 0 Å². The monoisotopic (exact) mass is 765 g/mol. The Labute approximate surface area is 300 Å². The molecule has 0 bridgehead atoms. The van der Waals surface area contributed by atoms with Crippen molar-refractivity contribution in [1.82, 2.24) is 0 Å². The third kappa shape index (κ3) is 7.57. The van der Waals surface area contributed by atoms with Gasteiger partial charge in [-0.25, -0.2) is 0 Å². The molecule has 282 valence electrons. The SMILES string of the molecule is C[N+](C)(C)Cc1c(-c2cc(C(F)(F)F)cc(C(F)(F)F)c2)cc2ccccc2c1-c1c([O-])c(-c2cc(C(F)(F)F)cc(C(F)(F)F)c2)cc2ccccc12. The van der Waals surface area contributed by atoms with Crippen LogP contribution in [-0.4, -0.2) is 25.6 Å². The van der Waals surface area contributed by atoms with E-state index in [2.05, 4.69) is 0 Å². The Balaban J connectivity index is 1.82. The van der Waals surface area contributed by atoms with Gasteiger partial charge in [0.2, 0.25) is 0 Å². The molecule has 54 heavy (non-hydrogen) atoms. The first-order chi connectivity index (χ1) is 24.8. The Morgan fingerprint density at radius 1 is 0.463 bits per heavy atom. The lowest BCUT2D eigenvalue weighted by Gasteiger charge is -2.31. The van der Waals surface area contributed by atoms with E-state index in [4.69, 9.17) is 0 Å². The molecular weight excluding hydrogens is 738 g/mol. The van der Waals surface area contributed by atoms with Gasteiger partial charge in [-0.2, -0.15) is 52.7 Å². The number of quaternary nitrogens is 1. The second-order valence-corrected chi connectivity index (χ2v) is 13.9. The van der Waals surface area contributed by atoms with Crippen LogP contribution in [0.3, 0.4) is 0 Å². The lowest BCUT2D eigenvalue weighted by Crippen LogP contribution is -2.34. The Kier molecular flexibility index (Phi) is 9.24. The zero-order valence-corrected chi connectivity index (χ0v) is 28.3. The minimum Gasteiger partial charge on any atom is -0.872 e. The van der Waals surface area contributed by atoms with Crippen molar-refractivity contribution in [1.29, 1.82) is 0 Å². The molecule has 2 nitrogen and oxygen atoms in total. The molecule has 0 aliphatic rings. The maximum Gasteiger partial charge on any atom is 0.416 e.